The van der Waals surface area contributed by atoms with Crippen molar-refractivity contribution >= 4 is 22.9 Å². The van der Waals surface area contributed by atoms with Crippen LogP contribution < -0.4 is 5.32 Å². The van der Waals surface area contributed by atoms with Gasteiger partial charge in [-0.15, -0.1) is 0 Å². The molecule has 164 valence electrons. The standard InChI is InChI=1S/C24H24N4O4/c1-2-12-32-22(29)10-11-25-24(30)19-14-21(17-7-4-3-5-8-17)27-23-20(19)15-26-28(23)16-18-9-6-13-31-18/h3-9,13-15H,2,10-12,16H2,1H3,(H,25,30). The Bertz CT molecular complexity index is 1200. The average molecular weight is 432 g/mol. The Morgan fingerprint density at radius 2 is 2.00 bits per heavy atom. The van der Waals surface area contributed by atoms with Gasteiger partial charge >= 0.3 is 5.97 Å². The zero-order valence-corrected chi connectivity index (χ0v) is 17.8. The fourth-order valence-corrected chi connectivity index (χ4v) is 3.32. The minimum Gasteiger partial charge on any atom is -0.467 e. The van der Waals surface area contributed by atoms with Gasteiger partial charge in [0.05, 0.1) is 42.1 Å². The van der Waals surface area contributed by atoms with Gasteiger partial charge in [-0.05, 0) is 24.6 Å². The first-order valence-corrected chi connectivity index (χ1v) is 10.5. The Balaban J connectivity index is 1.63. The molecule has 0 radical (unpaired) electrons. The number of amides is 1. The summed E-state index contributed by atoms with van der Waals surface area (Å²) in [6, 6.07) is 15.1. The van der Waals surface area contributed by atoms with E-state index in [-0.39, 0.29) is 24.8 Å². The lowest BCUT2D eigenvalue weighted by molar-refractivity contribution is -0.143. The van der Waals surface area contributed by atoms with Crippen molar-refractivity contribution in [1.82, 2.24) is 20.1 Å². The van der Waals surface area contributed by atoms with E-state index in [0.717, 1.165) is 17.7 Å². The molecule has 4 rings (SSSR count). The summed E-state index contributed by atoms with van der Waals surface area (Å²) in [5, 5.41) is 7.87. The molecule has 4 aromatic rings. The van der Waals surface area contributed by atoms with E-state index in [2.05, 4.69) is 10.4 Å². The number of aromatic nitrogens is 3. The quantitative estimate of drug-likeness (QED) is 0.404. The molecule has 0 saturated carbocycles. The normalized spacial score (nSPS) is 10.9. The number of carbonyl (C=O) groups excluding carboxylic acids is 2. The summed E-state index contributed by atoms with van der Waals surface area (Å²) < 4.78 is 12.2. The minimum absolute atomic E-state index is 0.114. The number of esters is 1. The van der Waals surface area contributed by atoms with Crippen molar-refractivity contribution in [2.45, 2.75) is 26.3 Å². The van der Waals surface area contributed by atoms with Crippen LogP contribution in [0.2, 0.25) is 0 Å². The molecule has 3 aromatic heterocycles. The Labute approximate surface area is 185 Å². The van der Waals surface area contributed by atoms with Gasteiger partial charge in [-0.2, -0.15) is 5.10 Å². The van der Waals surface area contributed by atoms with Gasteiger partial charge in [0.2, 0.25) is 0 Å². The van der Waals surface area contributed by atoms with Gasteiger partial charge in [0.15, 0.2) is 5.65 Å². The van der Waals surface area contributed by atoms with E-state index >= 15 is 0 Å². The van der Waals surface area contributed by atoms with Crippen molar-refractivity contribution in [2.75, 3.05) is 13.2 Å². The van der Waals surface area contributed by atoms with Crippen LogP contribution in [0.3, 0.4) is 0 Å². The van der Waals surface area contributed by atoms with Crippen molar-refractivity contribution in [3.63, 3.8) is 0 Å². The first-order chi connectivity index (χ1) is 15.7. The van der Waals surface area contributed by atoms with Crippen molar-refractivity contribution in [3.05, 3.63) is 72.3 Å². The summed E-state index contributed by atoms with van der Waals surface area (Å²) in [7, 11) is 0. The smallest absolute Gasteiger partial charge is 0.307 e. The number of nitrogens with zero attached hydrogens (tertiary/aromatic N) is 3. The number of hydrogen-bond acceptors (Lipinski definition) is 6. The molecule has 0 spiro atoms. The fourth-order valence-electron chi connectivity index (χ4n) is 3.32. The van der Waals surface area contributed by atoms with Gasteiger partial charge in [-0.3, -0.25) is 9.59 Å². The van der Waals surface area contributed by atoms with Crippen molar-refractivity contribution in [3.8, 4) is 11.3 Å². The predicted molar refractivity (Wildman–Crippen MR) is 119 cm³/mol. The maximum Gasteiger partial charge on any atom is 0.307 e. The molecule has 0 bridgehead atoms. The summed E-state index contributed by atoms with van der Waals surface area (Å²) in [6.45, 7) is 2.89. The molecule has 8 heteroatoms. The summed E-state index contributed by atoms with van der Waals surface area (Å²) >= 11 is 0. The lowest BCUT2D eigenvalue weighted by atomic mass is 10.1. The number of hydrogen-bond donors (Lipinski definition) is 1. The number of furan rings is 1. The molecule has 1 aromatic carbocycles. The first kappa shape index (κ1) is 21.3. The van der Waals surface area contributed by atoms with Crippen molar-refractivity contribution in [2.24, 2.45) is 0 Å². The molecule has 1 amide bonds. The highest BCUT2D eigenvalue weighted by Gasteiger charge is 2.18. The SMILES string of the molecule is CCCOC(=O)CCNC(=O)c1cc(-c2ccccc2)nc2c1cnn2Cc1ccco1. The molecule has 32 heavy (non-hydrogen) atoms. The zero-order valence-electron chi connectivity index (χ0n) is 17.8. The van der Waals surface area contributed by atoms with E-state index in [9.17, 15) is 9.59 Å². The second-order valence-electron chi connectivity index (χ2n) is 7.27. The van der Waals surface area contributed by atoms with Crippen LogP contribution in [0, 0.1) is 0 Å². The summed E-state index contributed by atoms with van der Waals surface area (Å²) in [6.07, 6.45) is 4.11. The minimum atomic E-state index is -0.330. The number of ether oxygens (including phenoxy) is 1. The molecule has 0 unspecified atom stereocenters. The van der Waals surface area contributed by atoms with E-state index in [1.807, 2.05) is 49.4 Å². The van der Waals surface area contributed by atoms with Crippen LogP contribution in [0.25, 0.3) is 22.3 Å². The van der Waals surface area contributed by atoms with Crippen LogP contribution in [0.4, 0.5) is 0 Å². The molecule has 1 N–H and O–H groups in total. The van der Waals surface area contributed by atoms with Gasteiger partial charge in [0.1, 0.15) is 12.3 Å². The molecule has 3 heterocycles. The molecule has 0 aliphatic carbocycles. The topological polar surface area (TPSA) is 99.2 Å². The molecular weight excluding hydrogens is 408 g/mol. The predicted octanol–water partition coefficient (Wildman–Crippen LogP) is 3.81. The van der Waals surface area contributed by atoms with Crippen LogP contribution >= 0.6 is 0 Å². The third-order valence-corrected chi connectivity index (χ3v) is 4.89. The van der Waals surface area contributed by atoms with Gasteiger partial charge in [-0.1, -0.05) is 37.3 Å². The Hall–Kier alpha value is -3.94. The lowest BCUT2D eigenvalue weighted by Crippen LogP contribution is -2.27. The lowest BCUT2D eigenvalue weighted by Gasteiger charge is -2.10. The highest BCUT2D eigenvalue weighted by molar-refractivity contribution is 6.06. The summed E-state index contributed by atoms with van der Waals surface area (Å²) in [5.74, 6) is 0.109. The van der Waals surface area contributed by atoms with E-state index in [4.69, 9.17) is 14.1 Å². The van der Waals surface area contributed by atoms with Crippen LogP contribution in [0.1, 0.15) is 35.9 Å². The Morgan fingerprint density at radius 3 is 2.75 bits per heavy atom. The van der Waals surface area contributed by atoms with Crippen LogP contribution in [0.5, 0.6) is 0 Å². The molecule has 8 nitrogen and oxygen atoms in total. The first-order valence-electron chi connectivity index (χ1n) is 10.5. The van der Waals surface area contributed by atoms with Gasteiger partial charge in [0, 0.05) is 12.1 Å². The molecule has 0 aliphatic heterocycles. The second-order valence-corrected chi connectivity index (χ2v) is 7.27. The Morgan fingerprint density at radius 1 is 1.16 bits per heavy atom. The number of carbonyl (C=O) groups is 2. The fraction of sp³-hybridized carbons (Fsp3) is 0.250. The van der Waals surface area contributed by atoms with E-state index < -0.39 is 0 Å². The van der Waals surface area contributed by atoms with Gasteiger partial charge < -0.3 is 14.5 Å². The van der Waals surface area contributed by atoms with Gasteiger partial charge in [-0.25, -0.2) is 9.67 Å². The summed E-state index contributed by atoms with van der Waals surface area (Å²) in [4.78, 5) is 29.5. The Kier molecular flexibility index (Phi) is 6.60. The third-order valence-electron chi connectivity index (χ3n) is 4.89. The molecule has 0 aliphatic rings. The van der Waals surface area contributed by atoms with Crippen LogP contribution in [-0.2, 0) is 16.1 Å². The van der Waals surface area contributed by atoms with Crippen molar-refractivity contribution in [1.29, 1.82) is 0 Å². The highest BCUT2D eigenvalue weighted by atomic mass is 16.5. The van der Waals surface area contributed by atoms with E-state index in [1.165, 1.54) is 0 Å². The molecule has 0 fully saturated rings. The molecule has 0 saturated heterocycles. The maximum absolute atomic E-state index is 13.0. The number of benzene rings is 1. The van der Waals surface area contributed by atoms with Crippen molar-refractivity contribution < 1.29 is 18.7 Å². The highest BCUT2D eigenvalue weighted by Crippen LogP contribution is 2.25. The molecular formula is C24H24N4O4. The number of fused-ring (bicyclic) bond motifs is 1. The monoisotopic (exact) mass is 432 g/mol. The number of pyridine rings is 1. The number of nitrogens with one attached hydrogen (secondary N) is 1. The van der Waals surface area contributed by atoms with Crippen LogP contribution in [-0.4, -0.2) is 39.8 Å². The maximum atomic E-state index is 13.0. The zero-order chi connectivity index (χ0) is 22.3. The van der Waals surface area contributed by atoms with Crippen LogP contribution in [0.15, 0.2) is 65.4 Å². The van der Waals surface area contributed by atoms with E-state index in [1.54, 1.807) is 23.2 Å². The average Bonchev–Trinajstić information content (AvgIpc) is 3.48. The van der Waals surface area contributed by atoms with E-state index in [0.29, 0.717) is 35.4 Å². The molecule has 0 atom stereocenters. The summed E-state index contributed by atoms with van der Waals surface area (Å²) in [5.41, 5.74) is 2.57. The number of rotatable bonds is 9. The largest absolute Gasteiger partial charge is 0.467 e. The van der Waals surface area contributed by atoms with Gasteiger partial charge in [0.25, 0.3) is 5.91 Å². The second kappa shape index (κ2) is 9.91. The third kappa shape index (κ3) is 4.85.